The molecule has 0 radical (unpaired) electrons. The smallest absolute Gasteiger partial charge is 0.756 e. The van der Waals surface area contributed by atoms with Crippen LogP contribution in [-0.4, -0.2) is 12.7 Å². The number of hydrogen-bond acceptors (Lipinski definition) is 4. The van der Waals surface area contributed by atoms with Crippen LogP contribution in [0.5, 0.6) is 0 Å². The maximum absolute atomic E-state index is 11.6. The SMILES string of the molecule is CCCCCCCCCCOP(=O)([O-])OC(C)CCCC.[K+]. The Bertz CT molecular complexity index is 277. The molecule has 0 aliphatic rings. The first-order chi connectivity index (χ1) is 10.0. The summed E-state index contributed by atoms with van der Waals surface area (Å²) in [7, 11) is -4.11. The average molecular weight is 361 g/mol. The van der Waals surface area contributed by atoms with Gasteiger partial charge in [0, 0.05) is 0 Å². The summed E-state index contributed by atoms with van der Waals surface area (Å²) >= 11 is 0. The Hall–Kier alpha value is 1.75. The van der Waals surface area contributed by atoms with E-state index in [1.54, 1.807) is 6.92 Å². The molecule has 0 saturated carbocycles. The van der Waals surface area contributed by atoms with E-state index in [0.29, 0.717) is 0 Å². The number of phosphoric ester groups is 1. The summed E-state index contributed by atoms with van der Waals surface area (Å²) in [5.74, 6) is 0. The minimum absolute atomic E-state index is 0. The molecule has 0 N–H and O–H groups in total. The monoisotopic (exact) mass is 360 g/mol. The molecule has 2 unspecified atom stereocenters. The molecule has 6 heteroatoms. The number of phosphoric acid groups is 1. The van der Waals surface area contributed by atoms with Gasteiger partial charge in [0.05, 0.1) is 12.7 Å². The second-order valence-corrected chi connectivity index (χ2v) is 7.18. The van der Waals surface area contributed by atoms with E-state index in [9.17, 15) is 9.46 Å². The number of hydrogen-bond donors (Lipinski definition) is 0. The topological polar surface area (TPSA) is 58.6 Å². The maximum Gasteiger partial charge on any atom is 1.00 e. The summed E-state index contributed by atoms with van der Waals surface area (Å²) in [6, 6.07) is 0. The van der Waals surface area contributed by atoms with Gasteiger partial charge in [-0.3, -0.25) is 4.57 Å². The molecule has 128 valence electrons. The van der Waals surface area contributed by atoms with Crippen molar-refractivity contribution in [3.05, 3.63) is 0 Å². The van der Waals surface area contributed by atoms with Gasteiger partial charge in [-0.2, -0.15) is 0 Å². The first-order valence-electron chi connectivity index (χ1n) is 8.65. The predicted molar refractivity (Wildman–Crippen MR) is 86.2 cm³/mol. The summed E-state index contributed by atoms with van der Waals surface area (Å²) in [5, 5.41) is 0. The minimum atomic E-state index is -4.11. The zero-order valence-corrected chi connectivity index (χ0v) is 19.2. The van der Waals surface area contributed by atoms with Gasteiger partial charge in [-0.25, -0.2) is 0 Å². The first-order valence-corrected chi connectivity index (χ1v) is 10.1. The van der Waals surface area contributed by atoms with Crippen LogP contribution in [0.4, 0.5) is 0 Å². The van der Waals surface area contributed by atoms with Gasteiger partial charge in [-0.1, -0.05) is 71.6 Å². The molecule has 0 amide bonds. The molecule has 4 nitrogen and oxygen atoms in total. The van der Waals surface area contributed by atoms with Crippen LogP contribution in [0.15, 0.2) is 0 Å². The van der Waals surface area contributed by atoms with Crippen LogP contribution in [0.2, 0.25) is 0 Å². The van der Waals surface area contributed by atoms with Gasteiger partial charge in [0.15, 0.2) is 0 Å². The van der Waals surface area contributed by atoms with Gasteiger partial charge in [-0.15, -0.1) is 0 Å². The minimum Gasteiger partial charge on any atom is -0.756 e. The summed E-state index contributed by atoms with van der Waals surface area (Å²) in [6.07, 6.45) is 11.9. The molecular formula is C16H34KO4P. The summed E-state index contributed by atoms with van der Waals surface area (Å²) in [4.78, 5) is 11.6. The van der Waals surface area contributed by atoms with Crippen molar-refractivity contribution < 1.29 is 69.9 Å². The molecular weight excluding hydrogens is 326 g/mol. The Kier molecular flexibility index (Phi) is 20.7. The van der Waals surface area contributed by atoms with Crippen LogP contribution in [-0.2, 0) is 13.6 Å². The normalized spacial score (nSPS) is 15.1. The zero-order valence-electron chi connectivity index (χ0n) is 15.1. The second kappa shape index (κ2) is 17.6. The summed E-state index contributed by atoms with van der Waals surface area (Å²) in [6.45, 7) is 6.31. The molecule has 0 bridgehead atoms. The molecule has 0 heterocycles. The number of unbranched alkanes of at least 4 members (excludes halogenated alkanes) is 8. The fourth-order valence-electron chi connectivity index (χ4n) is 2.21. The van der Waals surface area contributed by atoms with Crippen molar-refractivity contribution in [3.8, 4) is 0 Å². The predicted octanol–water partition coefficient (Wildman–Crippen LogP) is 2.21. The third-order valence-electron chi connectivity index (χ3n) is 3.52. The van der Waals surface area contributed by atoms with Gasteiger partial charge in [0.1, 0.15) is 0 Å². The molecule has 0 aromatic rings. The van der Waals surface area contributed by atoms with E-state index in [1.807, 2.05) is 0 Å². The van der Waals surface area contributed by atoms with Gasteiger partial charge in [0.25, 0.3) is 7.82 Å². The Morgan fingerprint density at radius 2 is 1.41 bits per heavy atom. The fourth-order valence-corrected chi connectivity index (χ4v) is 3.17. The van der Waals surface area contributed by atoms with Crippen molar-refractivity contribution in [1.29, 1.82) is 0 Å². The average Bonchev–Trinajstić information content (AvgIpc) is 2.42. The van der Waals surface area contributed by atoms with E-state index >= 15 is 0 Å². The quantitative estimate of drug-likeness (QED) is 0.255. The molecule has 2 atom stereocenters. The van der Waals surface area contributed by atoms with Crippen molar-refractivity contribution in [3.63, 3.8) is 0 Å². The van der Waals surface area contributed by atoms with Crippen LogP contribution in [0.3, 0.4) is 0 Å². The third-order valence-corrected chi connectivity index (χ3v) is 4.64. The van der Waals surface area contributed by atoms with Gasteiger partial charge in [0.2, 0.25) is 0 Å². The molecule has 0 rings (SSSR count). The van der Waals surface area contributed by atoms with E-state index in [2.05, 4.69) is 13.8 Å². The van der Waals surface area contributed by atoms with E-state index < -0.39 is 7.82 Å². The molecule has 0 aromatic carbocycles. The van der Waals surface area contributed by atoms with Gasteiger partial charge in [-0.05, 0) is 19.8 Å². The van der Waals surface area contributed by atoms with E-state index in [-0.39, 0.29) is 64.1 Å². The van der Waals surface area contributed by atoms with Gasteiger partial charge < -0.3 is 13.9 Å². The Labute approximate surface area is 180 Å². The van der Waals surface area contributed by atoms with Crippen LogP contribution in [0.1, 0.15) is 91.4 Å². The molecule has 0 aromatic heterocycles. The van der Waals surface area contributed by atoms with Crippen LogP contribution in [0.25, 0.3) is 0 Å². The first kappa shape index (κ1) is 26.0. The van der Waals surface area contributed by atoms with Crippen molar-refractivity contribution in [2.75, 3.05) is 6.61 Å². The molecule has 0 fully saturated rings. The fraction of sp³-hybridized carbons (Fsp3) is 1.00. The summed E-state index contributed by atoms with van der Waals surface area (Å²) in [5.41, 5.74) is 0. The third kappa shape index (κ3) is 18.1. The van der Waals surface area contributed by atoms with E-state index in [1.165, 1.54) is 32.1 Å². The zero-order chi connectivity index (χ0) is 16.0. The van der Waals surface area contributed by atoms with Gasteiger partial charge >= 0.3 is 51.4 Å². The van der Waals surface area contributed by atoms with Crippen LogP contribution >= 0.6 is 7.82 Å². The molecule has 0 aliphatic heterocycles. The maximum atomic E-state index is 11.6. The standard InChI is InChI=1S/C16H35O4P.K/c1-4-6-8-9-10-11-12-13-15-19-21(17,18)20-16(3)14-7-5-2;/h16H,4-15H2,1-3H3,(H,17,18);/q;+1/p-1. The van der Waals surface area contributed by atoms with Crippen molar-refractivity contribution in [2.24, 2.45) is 0 Å². The van der Waals surface area contributed by atoms with Crippen molar-refractivity contribution in [1.82, 2.24) is 0 Å². The largest absolute Gasteiger partial charge is 1.00 e. The summed E-state index contributed by atoms with van der Waals surface area (Å²) < 4.78 is 21.5. The molecule has 22 heavy (non-hydrogen) atoms. The Morgan fingerprint density at radius 1 is 0.909 bits per heavy atom. The number of rotatable bonds is 15. The molecule has 0 saturated heterocycles. The molecule has 0 spiro atoms. The van der Waals surface area contributed by atoms with E-state index in [0.717, 1.165) is 38.5 Å². The second-order valence-electron chi connectivity index (χ2n) is 5.81. The van der Waals surface area contributed by atoms with Crippen molar-refractivity contribution >= 4 is 7.82 Å². The van der Waals surface area contributed by atoms with Crippen LogP contribution < -0.4 is 56.3 Å². The Balaban J connectivity index is 0. The van der Waals surface area contributed by atoms with E-state index in [4.69, 9.17) is 9.05 Å². The van der Waals surface area contributed by atoms with Crippen molar-refractivity contribution in [2.45, 2.75) is 97.5 Å². The van der Waals surface area contributed by atoms with Crippen LogP contribution in [0, 0.1) is 0 Å². The Morgan fingerprint density at radius 3 is 1.95 bits per heavy atom. The molecule has 0 aliphatic carbocycles.